The third kappa shape index (κ3) is 8.25. The van der Waals surface area contributed by atoms with Crippen molar-refractivity contribution >= 4 is 29.4 Å². The van der Waals surface area contributed by atoms with E-state index in [1.54, 1.807) is 0 Å². The molecule has 34 heavy (non-hydrogen) atoms. The van der Waals surface area contributed by atoms with Crippen LogP contribution in [-0.4, -0.2) is 64.4 Å². The lowest BCUT2D eigenvalue weighted by Crippen LogP contribution is -2.44. The fourth-order valence-electron chi connectivity index (χ4n) is 4.52. The number of nitrogens with zero attached hydrogens (tertiary/aromatic N) is 2. The third-order valence-electron chi connectivity index (χ3n) is 6.74. The number of likely N-dealkylation sites (tertiary alicyclic amines) is 2. The predicted octanol–water partition coefficient (Wildman–Crippen LogP) is 3.04. The van der Waals surface area contributed by atoms with Crippen molar-refractivity contribution < 1.29 is 14.4 Å². The van der Waals surface area contributed by atoms with Gasteiger partial charge in [-0.15, -0.1) is 0 Å². The molecule has 3 amide bonds. The van der Waals surface area contributed by atoms with Crippen molar-refractivity contribution in [3.05, 3.63) is 12.7 Å². The Bertz CT molecular complexity index is 804. The number of carbonyl (C=O) groups excluding carboxylic acids is 3. The molecule has 0 radical (unpaired) electrons. The second kappa shape index (κ2) is 12.1. The number of amidine groups is 2. The van der Waals surface area contributed by atoms with Crippen molar-refractivity contribution in [1.29, 1.82) is 10.8 Å². The molecular formula is C25H44N6O3. The molecule has 2 saturated heterocycles. The minimum absolute atomic E-state index is 0.0750. The number of rotatable bonds is 9. The Morgan fingerprint density at radius 1 is 1.00 bits per heavy atom. The molecule has 0 saturated carbocycles. The first kappa shape index (κ1) is 29.3. The highest BCUT2D eigenvalue weighted by Crippen LogP contribution is 2.28. The first-order valence-corrected chi connectivity index (χ1v) is 12.1. The summed E-state index contributed by atoms with van der Waals surface area (Å²) in [4.78, 5) is 38.2. The van der Waals surface area contributed by atoms with Crippen LogP contribution < -0.4 is 11.1 Å². The van der Waals surface area contributed by atoms with E-state index in [1.165, 1.54) is 0 Å². The fraction of sp³-hybridized carbons (Fsp3) is 0.720. The van der Waals surface area contributed by atoms with Crippen LogP contribution in [0, 0.1) is 21.6 Å². The van der Waals surface area contributed by atoms with Crippen LogP contribution in [0.1, 0.15) is 80.1 Å². The number of hydrogen-bond acceptors (Lipinski definition) is 5. The fourth-order valence-corrected chi connectivity index (χ4v) is 4.52. The van der Waals surface area contributed by atoms with Crippen LogP contribution in [0.4, 0.5) is 0 Å². The molecule has 2 rings (SSSR count). The van der Waals surface area contributed by atoms with E-state index in [1.807, 2.05) is 51.3 Å². The minimum atomic E-state index is -0.485. The summed E-state index contributed by atoms with van der Waals surface area (Å²) in [5, 5.41) is 17.9. The van der Waals surface area contributed by atoms with Gasteiger partial charge >= 0.3 is 0 Å². The van der Waals surface area contributed by atoms with E-state index in [2.05, 4.69) is 11.9 Å². The van der Waals surface area contributed by atoms with Crippen molar-refractivity contribution in [2.45, 2.75) is 92.2 Å². The summed E-state index contributed by atoms with van der Waals surface area (Å²) in [6.07, 6.45) is 5.72. The highest BCUT2D eigenvalue weighted by molar-refractivity contribution is 6.03. The van der Waals surface area contributed by atoms with E-state index < -0.39 is 5.41 Å². The van der Waals surface area contributed by atoms with Crippen LogP contribution in [0.3, 0.4) is 0 Å². The van der Waals surface area contributed by atoms with Crippen LogP contribution in [-0.2, 0) is 14.4 Å². The first-order valence-electron chi connectivity index (χ1n) is 12.1. The monoisotopic (exact) mass is 476 g/mol. The van der Waals surface area contributed by atoms with E-state index in [0.717, 1.165) is 38.4 Å². The summed E-state index contributed by atoms with van der Waals surface area (Å²) in [6, 6.07) is 0.255. The SMILES string of the molecule is C=CC(=O)NC(=N)C(C)(C)CC(C)N1CCCC1=O.CC(CC(C)(C)C(=N)N)N1CCCC1=O. The number of nitrogens with one attached hydrogen (secondary N) is 3. The molecule has 2 aliphatic rings. The van der Waals surface area contributed by atoms with Gasteiger partial charge in [-0.05, 0) is 45.6 Å². The van der Waals surface area contributed by atoms with Gasteiger partial charge in [-0.1, -0.05) is 34.3 Å². The van der Waals surface area contributed by atoms with E-state index in [4.69, 9.17) is 16.6 Å². The zero-order valence-electron chi connectivity index (χ0n) is 21.8. The van der Waals surface area contributed by atoms with Gasteiger partial charge in [0, 0.05) is 48.8 Å². The highest BCUT2D eigenvalue weighted by Gasteiger charge is 2.33. The standard InChI is InChI=1S/C14H23N3O2.C11H21N3O/c1-5-11(18)16-13(15)14(3,4)9-10(2)17-8-6-7-12(17)19;1-8(7-11(2,3)10(12)13)14-6-4-5-9(14)15/h5,10H,1,6-9H2,2-4H3,(H2,15,16,18);8H,4-7H2,1-3H3,(H3,12,13). The van der Waals surface area contributed by atoms with Crippen LogP contribution in [0.5, 0.6) is 0 Å². The lowest BCUT2D eigenvalue weighted by Gasteiger charge is -2.33. The minimum Gasteiger partial charge on any atom is -0.387 e. The Balaban J connectivity index is 0.000000350. The summed E-state index contributed by atoms with van der Waals surface area (Å²) in [6.45, 7) is 16.7. The second-order valence-corrected chi connectivity index (χ2v) is 10.7. The normalized spacial score (nSPS) is 18.2. The van der Waals surface area contributed by atoms with Crippen molar-refractivity contribution in [2.24, 2.45) is 16.6 Å². The Morgan fingerprint density at radius 2 is 1.41 bits per heavy atom. The van der Waals surface area contributed by atoms with Gasteiger partial charge in [-0.3, -0.25) is 25.2 Å². The van der Waals surface area contributed by atoms with E-state index >= 15 is 0 Å². The summed E-state index contributed by atoms with van der Waals surface area (Å²) < 4.78 is 0. The maximum absolute atomic E-state index is 11.7. The molecule has 0 aliphatic carbocycles. The lowest BCUT2D eigenvalue weighted by molar-refractivity contribution is -0.130. The molecule has 0 aromatic carbocycles. The predicted molar refractivity (Wildman–Crippen MR) is 136 cm³/mol. The van der Waals surface area contributed by atoms with Crippen molar-refractivity contribution in [2.75, 3.05) is 13.1 Å². The number of nitrogens with two attached hydrogens (primary N) is 1. The molecule has 5 N–H and O–H groups in total. The topological polar surface area (TPSA) is 143 Å². The van der Waals surface area contributed by atoms with E-state index in [0.29, 0.717) is 19.3 Å². The summed E-state index contributed by atoms with van der Waals surface area (Å²) >= 11 is 0. The number of carbonyl (C=O) groups is 3. The van der Waals surface area contributed by atoms with Gasteiger partial charge in [0.2, 0.25) is 17.7 Å². The van der Waals surface area contributed by atoms with Gasteiger partial charge in [0.05, 0.1) is 5.84 Å². The average Bonchev–Trinajstić information content (AvgIpc) is 3.35. The van der Waals surface area contributed by atoms with Crippen LogP contribution in [0.15, 0.2) is 12.7 Å². The Kier molecular flexibility index (Phi) is 10.5. The third-order valence-corrected chi connectivity index (χ3v) is 6.74. The van der Waals surface area contributed by atoms with Crippen LogP contribution >= 0.6 is 0 Å². The molecule has 0 aromatic heterocycles. The smallest absolute Gasteiger partial charge is 0.248 e. The maximum atomic E-state index is 11.7. The summed E-state index contributed by atoms with van der Waals surface area (Å²) in [7, 11) is 0. The quantitative estimate of drug-likeness (QED) is 0.230. The van der Waals surface area contributed by atoms with E-state index in [9.17, 15) is 14.4 Å². The molecule has 2 atom stereocenters. The van der Waals surface area contributed by atoms with Gasteiger partial charge in [0.15, 0.2) is 0 Å². The van der Waals surface area contributed by atoms with Gasteiger partial charge in [-0.2, -0.15) is 0 Å². The average molecular weight is 477 g/mol. The van der Waals surface area contributed by atoms with Gasteiger partial charge in [0.25, 0.3) is 0 Å². The van der Waals surface area contributed by atoms with Crippen molar-refractivity contribution in [1.82, 2.24) is 15.1 Å². The molecule has 9 nitrogen and oxygen atoms in total. The Morgan fingerprint density at radius 3 is 1.74 bits per heavy atom. The molecule has 9 heteroatoms. The van der Waals surface area contributed by atoms with Crippen molar-refractivity contribution in [3.63, 3.8) is 0 Å². The molecule has 2 fully saturated rings. The van der Waals surface area contributed by atoms with Crippen LogP contribution in [0.25, 0.3) is 0 Å². The maximum Gasteiger partial charge on any atom is 0.248 e. The molecule has 2 heterocycles. The van der Waals surface area contributed by atoms with Crippen molar-refractivity contribution in [3.8, 4) is 0 Å². The molecule has 0 spiro atoms. The second-order valence-electron chi connectivity index (χ2n) is 10.7. The number of hydrogen-bond donors (Lipinski definition) is 4. The Labute approximate surface area is 204 Å². The van der Waals surface area contributed by atoms with Gasteiger partial charge in [0.1, 0.15) is 5.84 Å². The van der Waals surface area contributed by atoms with E-state index in [-0.39, 0.29) is 46.9 Å². The molecule has 0 aromatic rings. The molecule has 2 aliphatic heterocycles. The summed E-state index contributed by atoms with van der Waals surface area (Å²) in [5.41, 5.74) is 4.73. The van der Waals surface area contributed by atoms with Gasteiger partial charge in [-0.25, -0.2) is 0 Å². The molecule has 2 unspecified atom stereocenters. The molecular weight excluding hydrogens is 432 g/mol. The zero-order chi connectivity index (χ0) is 26.3. The largest absolute Gasteiger partial charge is 0.387 e. The summed E-state index contributed by atoms with van der Waals surface area (Å²) in [5.74, 6) is 0.409. The zero-order valence-corrected chi connectivity index (χ0v) is 21.8. The number of amides is 3. The van der Waals surface area contributed by atoms with Crippen LogP contribution in [0.2, 0.25) is 0 Å². The highest BCUT2D eigenvalue weighted by atomic mass is 16.2. The molecule has 192 valence electrons. The lowest BCUT2D eigenvalue weighted by atomic mass is 9.84. The Hall–Kier alpha value is -2.71. The first-order chi connectivity index (χ1) is 15.6. The molecule has 0 bridgehead atoms. The van der Waals surface area contributed by atoms with Gasteiger partial charge < -0.3 is 20.9 Å².